The summed E-state index contributed by atoms with van der Waals surface area (Å²) in [5.41, 5.74) is 5.58. The smallest absolute Gasteiger partial charge is 0.339 e. The third kappa shape index (κ3) is 3.81. The van der Waals surface area contributed by atoms with E-state index in [1.807, 2.05) is 30.5 Å². The minimum Gasteiger partial charge on any atom is -0.493 e. The SMILES string of the molecule is CCN(Cc1cccnc1)c1ccc(-c2c3c(cc4cc(OC)c(OC)cc24)COC3=O)cc1. The lowest BCUT2D eigenvalue weighted by molar-refractivity contribution is 0.0535. The fourth-order valence-electron chi connectivity index (χ4n) is 4.58. The maximum Gasteiger partial charge on any atom is 0.339 e. The number of benzene rings is 3. The van der Waals surface area contributed by atoms with E-state index >= 15 is 0 Å². The van der Waals surface area contributed by atoms with E-state index in [0.29, 0.717) is 17.1 Å². The molecule has 6 heteroatoms. The highest BCUT2D eigenvalue weighted by atomic mass is 16.5. The fraction of sp³-hybridized carbons (Fsp3) is 0.214. The van der Waals surface area contributed by atoms with Crippen LogP contribution in [0.1, 0.15) is 28.4 Å². The number of rotatable bonds is 7. The van der Waals surface area contributed by atoms with Crippen LogP contribution in [0.4, 0.5) is 5.69 Å². The van der Waals surface area contributed by atoms with Crippen molar-refractivity contribution in [2.45, 2.75) is 20.1 Å². The van der Waals surface area contributed by atoms with Crippen molar-refractivity contribution < 1.29 is 19.0 Å². The fourth-order valence-corrected chi connectivity index (χ4v) is 4.58. The second-order valence-corrected chi connectivity index (χ2v) is 8.21. The molecule has 2 heterocycles. The maximum absolute atomic E-state index is 12.7. The summed E-state index contributed by atoms with van der Waals surface area (Å²) in [4.78, 5) is 19.2. The van der Waals surface area contributed by atoms with Gasteiger partial charge in [-0.25, -0.2) is 4.79 Å². The van der Waals surface area contributed by atoms with E-state index in [9.17, 15) is 4.79 Å². The van der Waals surface area contributed by atoms with Gasteiger partial charge in [0, 0.05) is 42.3 Å². The Kier molecular flexibility index (Phi) is 5.80. The Hall–Kier alpha value is -4.06. The number of aromatic nitrogens is 1. The summed E-state index contributed by atoms with van der Waals surface area (Å²) in [7, 11) is 3.23. The van der Waals surface area contributed by atoms with E-state index in [1.165, 1.54) is 0 Å². The van der Waals surface area contributed by atoms with E-state index in [4.69, 9.17) is 14.2 Å². The van der Waals surface area contributed by atoms with Crippen molar-refractivity contribution in [1.29, 1.82) is 0 Å². The van der Waals surface area contributed by atoms with Gasteiger partial charge in [-0.2, -0.15) is 0 Å². The van der Waals surface area contributed by atoms with Gasteiger partial charge >= 0.3 is 5.97 Å². The lowest BCUT2D eigenvalue weighted by atomic mass is 9.90. The summed E-state index contributed by atoms with van der Waals surface area (Å²) >= 11 is 0. The first kappa shape index (κ1) is 21.8. The Morgan fingerprint density at radius 3 is 2.44 bits per heavy atom. The highest BCUT2D eigenvalue weighted by molar-refractivity contribution is 6.11. The Bertz CT molecular complexity index is 1350. The number of methoxy groups -OCH3 is 2. The largest absolute Gasteiger partial charge is 0.493 e. The summed E-state index contributed by atoms with van der Waals surface area (Å²) in [5, 5.41) is 1.89. The zero-order valence-electron chi connectivity index (χ0n) is 19.5. The van der Waals surface area contributed by atoms with Crippen molar-refractivity contribution in [2.24, 2.45) is 0 Å². The third-order valence-corrected chi connectivity index (χ3v) is 6.29. The summed E-state index contributed by atoms with van der Waals surface area (Å²) in [5.74, 6) is 0.973. The van der Waals surface area contributed by atoms with E-state index in [-0.39, 0.29) is 12.6 Å². The van der Waals surface area contributed by atoms with Gasteiger partial charge < -0.3 is 19.1 Å². The first-order chi connectivity index (χ1) is 16.6. The van der Waals surface area contributed by atoms with Crippen molar-refractivity contribution in [2.75, 3.05) is 25.7 Å². The van der Waals surface area contributed by atoms with Gasteiger partial charge in [0.25, 0.3) is 0 Å². The van der Waals surface area contributed by atoms with Crippen LogP contribution in [0.5, 0.6) is 11.5 Å². The molecule has 1 aromatic heterocycles. The molecule has 0 bridgehead atoms. The van der Waals surface area contributed by atoms with Crippen molar-refractivity contribution in [3.8, 4) is 22.6 Å². The molecular weight excluding hydrogens is 428 g/mol. The van der Waals surface area contributed by atoms with Crippen molar-refractivity contribution in [3.63, 3.8) is 0 Å². The maximum atomic E-state index is 12.7. The quantitative estimate of drug-likeness (QED) is 0.338. The van der Waals surface area contributed by atoms with Crippen LogP contribution in [-0.2, 0) is 17.9 Å². The van der Waals surface area contributed by atoms with Crippen LogP contribution in [-0.4, -0.2) is 31.7 Å². The molecule has 0 aliphatic carbocycles. The van der Waals surface area contributed by atoms with Crippen molar-refractivity contribution in [1.82, 2.24) is 4.98 Å². The van der Waals surface area contributed by atoms with Gasteiger partial charge in [0.15, 0.2) is 11.5 Å². The van der Waals surface area contributed by atoms with Crippen molar-refractivity contribution in [3.05, 3.63) is 83.7 Å². The molecule has 34 heavy (non-hydrogen) atoms. The van der Waals surface area contributed by atoms with Gasteiger partial charge in [-0.05, 0) is 65.2 Å². The Morgan fingerprint density at radius 2 is 1.76 bits per heavy atom. The number of nitrogens with zero attached hydrogens (tertiary/aromatic N) is 2. The number of hydrogen-bond acceptors (Lipinski definition) is 6. The average molecular weight is 455 g/mol. The first-order valence-corrected chi connectivity index (χ1v) is 11.3. The minimum atomic E-state index is -0.294. The van der Waals surface area contributed by atoms with Gasteiger partial charge in [-0.15, -0.1) is 0 Å². The van der Waals surface area contributed by atoms with Crippen LogP contribution in [0.25, 0.3) is 21.9 Å². The van der Waals surface area contributed by atoms with E-state index in [1.54, 1.807) is 20.4 Å². The monoisotopic (exact) mass is 454 g/mol. The summed E-state index contributed by atoms with van der Waals surface area (Å²) in [6.45, 7) is 4.05. The number of hydrogen-bond donors (Lipinski definition) is 0. The van der Waals surface area contributed by atoms with Gasteiger partial charge in [0.2, 0.25) is 0 Å². The summed E-state index contributed by atoms with van der Waals surface area (Å²) < 4.78 is 16.5. The Balaban J connectivity index is 1.61. The molecule has 5 rings (SSSR count). The Labute approximate surface area is 198 Å². The molecule has 0 N–H and O–H groups in total. The van der Waals surface area contributed by atoms with Crippen LogP contribution < -0.4 is 14.4 Å². The third-order valence-electron chi connectivity index (χ3n) is 6.29. The van der Waals surface area contributed by atoms with Crippen LogP contribution in [0.3, 0.4) is 0 Å². The van der Waals surface area contributed by atoms with Crippen LogP contribution in [0.15, 0.2) is 67.0 Å². The topological polar surface area (TPSA) is 60.9 Å². The van der Waals surface area contributed by atoms with Crippen LogP contribution in [0.2, 0.25) is 0 Å². The lowest BCUT2D eigenvalue weighted by Crippen LogP contribution is -2.21. The molecule has 4 aromatic rings. The van der Waals surface area contributed by atoms with Gasteiger partial charge in [0.1, 0.15) is 6.61 Å². The number of fused-ring (bicyclic) bond motifs is 2. The summed E-state index contributed by atoms with van der Waals surface area (Å²) in [6.07, 6.45) is 3.68. The average Bonchev–Trinajstić information content (AvgIpc) is 3.25. The van der Waals surface area contributed by atoms with Gasteiger partial charge in [0.05, 0.1) is 19.8 Å². The van der Waals surface area contributed by atoms with Crippen LogP contribution in [0, 0.1) is 0 Å². The molecule has 0 radical (unpaired) electrons. The predicted octanol–water partition coefficient (Wildman–Crippen LogP) is 5.62. The number of ether oxygens (including phenoxy) is 3. The minimum absolute atomic E-state index is 0.276. The van der Waals surface area contributed by atoms with E-state index < -0.39 is 0 Å². The molecule has 0 unspecified atom stereocenters. The standard InChI is InChI=1S/C28H26N2O4/c1-4-30(16-18-6-5-11-29-15-18)22-9-7-19(8-10-22)26-23-14-25(33-3)24(32-2)13-20(23)12-21-17-34-28(31)27(21)26/h5-15H,4,16-17H2,1-3H3. The number of carbonyl (C=O) groups is 1. The molecule has 0 amide bonds. The highest BCUT2D eigenvalue weighted by Gasteiger charge is 2.28. The molecular formula is C28H26N2O4. The number of esters is 1. The van der Waals surface area contributed by atoms with Gasteiger partial charge in [-0.1, -0.05) is 18.2 Å². The number of cyclic esters (lactones) is 1. The molecule has 1 aliphatic heterocycles. The highest BCUT2D eigenvalue weighted by Crippen LogP contribution is 2.42. The van der Waals surface area contributed by atoms with Crippen molar-refractivity contribution >= 4 is 22.4 Å². The predicted molar refractivity (Wildman–Crippen MR) is 133 cm³/mol. The molecule has 0 fully saturated rings. The van der Waals surface area contributed by atoms with Gasteiger partial charge in [-0.3, -0.25) is 4.98 Å². The molecule has 6 nitrogen and oxygen atoms in total. The molecule has 3 aromatic carbocycles. The molecule has 0 saturated heterocycles. The molecule has 1 aliphatic rings. The molecule has 172 valence electrons. The zero-order chi connectivity index (χ0) is 23.7. The molecule has 0 spiro atoms. The first-order valence-electron chi connectivity index (χ1n) is 11.3. The number of carbonyl (C=O) groups excluding carboxylic acids is 1. The van der Waals surface area contributed by atoms with Crippen LogP contribution >= 0.6 is 0 Å². The lowest BCUT2D eigenvalue weighted by Gasteiger charge is -2.23. The summed E-state index contributed by atoms with van der Waals surface area (Å²) in [6, 6.07) is 18.3. The van der Waals surface area contributed by atoms with E-state index in [0.717, 1.165) is 51.8 Å². The second-order valence-electron chi connectivity index (χ2n) is 8.21. The normalized spacial score (nSPS) is 12.4. The van der Waals surface area contributed by atoms with E-state index in [2.05, 4.69) is 47.1 Å². The molecule has 0 saturated carbocycles. The number of pyridine rings is 1. The number of anilines is 1. The zero-order valence-corrected chi connectivity index (χ0v) is 19.5. The Morgan fingerprint density at radius 1 is 1.00 bits per heavy atom. The molecule has 0 atom stereocenters. The second kappa shape index (κ2) is 9.06.